The molecule has 0 aromatic rings. The lowest BCUT2D eigenvalue weighted by Gasteiger charge is -1.80. The molecule has 54 valence electrons. The van der Waals surface area contributed by atoms with E-state index in [4.69, 9.17) is 10.2 Å². The molecule has 7 heteroatoms. The fourth-order valence-corrected chi connectivity index (χ4v) is 0. The molecule has 0 spiro atoms. The largest absolute Gasteiger partial charge is 0.355 e. The lowest BCUT2D eigenvalue weighted by atomic mass is 11.7. The van der Waals surface area contributed by atoms with Gasteiger partial charge in [-0.25, -0.2) is 10.2 Å². The summed E-state index contributed by atoms with van der Waals surface area (Å²) in [5.41, 5.74) is 0. The maximum Gasteiger partial charge on any atom is 0.355 e. The molecule has 0 bridgehead atoms. The lowest BCUT2D eigenvalue weighted by Crippen LogP contribution is -1.87. The third kappa shape index (κ3) is 35.5. The highest BCUT2D eigenvalue weighted by atomic mass is 35.7. The van der Waals surface area contributed by atoms with Crippen molar-refractivity contribution in [1.82, 2.24) is 0 Å². The Morgan fingerprint density at radius 1 is 1.67 bits per heavy atom. The van der Waals surface area contributed by atoms with Gasteiger partial charge >= 0.3 is 9.33 Å². The van der Waals surface area contributed by atoms with Crippen molar-refractivity contribution >= 4 is 26.1 Å². The average molecular weight is 174 g/mol. The molecule has 0 amide bonds. The lowest BCUT2D eigenvalue weighted by molar-refractivity contribution is 0.412. The minimum Gasteiger partial charge on any atom is -0.261 e. The second kappa shape index (κ2) is 5.71. The molecule has 0 unspecified atom stereocenters. The van der Waals surface area contributed by atoms with Gasteiger partial charge in [-0.05, 0) is 0 Å². The number of nitrogens with one attached hydrogen (secondary N) is 1. The predicted octanol–water partition coefficient (Wildman–Crippen LogP) is 0.0174. The molecule has 0 saturated carbocycles. The topological polar surface area (TPSA) is 84.3 Å². The zero-order valence-corrected chi connectivity index (χ0v) is 5.99. The number of rotatable bonds is 1. The number of carbonyl (C=O) groups excluding carboxylic acids is 1. The third-order valence-electron chi connectivity index (χ3n) is 0.199. The molecule has 1 N–H and O–H groups in total. The summed E-state index contributed by atoms with van der Waals surface area (Å²) in [6.45, 7) is 0. The number of isocyanates is 1. The van der Waals surface area contributed by atoms with Gasteiger partial charge in [0.25, 0.3) is 0 Å². The van der Waals surface area contributed by atoms with Gasteiger partial charge in [0.05, 0.1) is 7.11 Å². The molecule has 5 nitrogen and oxygen atoms in total. The monoisotopic (exact) mass is 173 g/mol. The molecule has 0 aliphatic rings. The maximum absolute atomic E-state index is 9.54. The van der Waals surface area contributed by atoms with Crippen molar-refractivity contribution in [3.63, 3.8) is 0 Å². The van der Waals surface area contributed by atoms with Gasteiger partial charge in [0.15, 0.2) is 0 Å². The Labute approximate surface area is 56.7 Å². The second-order valence-electron chi connectivity index (χ2n) is 0.662. The van der Waals surface area contributed by atoms with Crippen molar-refractivity contribution in [3.05, 3.63) is 0 Å². The van der Waals surface area contributed by atoms with E-state index in [0.29, 0.717) is 0 Å². The zero-order valence-electron chi connectivity index (χ0n) is 4.42. The Kier molecular flexibility index (Phi) is 7.23. The van der Waals surface area contributed by atoms with E-state index in [9.17, 15) is 8.42 Å². The number of halogens is 1. The predicted molar refractivity (Wildman–Crippen MR) is 30.2 cm³/mol. The van der Waals surface area contributed by atoms with Crippen LogP contribution in [0.25, 0.3) is 0 Å². The maximum atomic E-state index is 9.54. The molecule has 0 aliphatic carbocycles. The summed E-state index contributed by atoms with van der Waals surface area (Å²) in [4.78, 5) is 8.35. The van der Waals surface area contributed by atoms with Crippen molar-refractivity contribution in [1.29, 1.82) is 5.41 Å². The summed E-state index contributed by atoms with van der Waals surface area (Å²) in [5.74, 6) is 0. The average Bonchev–Trinajstić information content (AvgIpc) is 1.67. The molecular weight excluding hydrogens is 170 g/mol. The van der Waals surface area contributed by atoms with Crippen LogP contribution in [0, 0.1) is 5.41 Å². The molecule has 0 heterocycles. The molecule has 0 aliphatic heterocycles. The molecule has 0 atom stereocenters. The molecule has 0 rings (SSSR count). The van der Waals surface area contributed by atoms with Crippen molar-refractivity contribution in [2.75, 3.05) is 7.11 Å². The summed E-state index contributed by atoms with van der Waals surface area (Å²) in [6.07, 6.45) is 0.750. The van der Waals surface area contributed by atoms with Gasteiger partial charge in [0.2, 0.25) is 6.08 Å². The Balaban J connectivity index is 0. The molecule has 0 aromatic carbocycles. The Hall–Kier alpha value is -0.420. The first kappa shape index (κ1) is 11.4. The van der Waals surface area contributed by atoms with E-state index in [2.05, 4.69) is 14.9 Å². The normalized spacial score (nSPS) is 8.67. The summed E-state index contributed by atoms with van der Waals surface area (Å²) in [6, 6.07) is 0. The summed E-state index contributed by atoms with van der Waals surface area (Å²) in [7, 11) is 1.77. The van der Waals surface area contributed by atoms with Crippen molar-refractivity contribution in [2.45, 2.75) is 0 Å². The molecule has 0 saturated heterocycles. The van der Waals surface area contributed by atoms with E-state index < -0.39 is 9.33 Å². The first-order chi connectivity index (χ1) is 3.97. The van der Waals surface area contributed by atoms with Crippen LogP contribution in [-0.4, -0.2) is 21.6 Å². The van der Waals surface area contributed by atoms with E-state index in [1.165, 1.54) is 0 Å². The molecule has 0 fully saturated rings. The fourth-order valence-electron chi connectivity index (χ4n) is 0. The first-order valence-electron chi connectivity index (χ1n) is 1.52. The van der Waals surface area contributed by atoms with Crippen LogP contribution in [0.4, 0.5) is 0 Å². The van der Waals surface area contributed by atoms with Gasteiger partial charge in [0, 0.05) is 10.7 Å². The van der Waals surface area contributed by atoms with Gasteiger partial charge in [-0.2, -0.15) is 8.42 Å². The van der Waals surface area contributed by atoms with Crippen LogP contribution in [0.1, 0.15) is 0 Å². The first-order valence-corrected chi connectivity index (χ1v) is 3.75. The third-order valence-corrected chi connectivity index (χ3v) is 0.975. The standard InChI is InChI=1S/CH3ClO3S.CHNO/c1-5-6(2,3)4;2-1-3/h1H3;2H. The SMILES string of the molecule is COS(=O)(=O)Cl.N=C=O. The molecular formula is C2H4ClNO4S. The van der Waals surface area contributed by atoms with Crippen LogP contribution in [0.15, 0.2) is 0 Å². The van der Waals surface area contributed by atoms with Crippen LogP contribution in [0.2, 0.25) is 0 Å². The molecule has 0 radical (unpaired) electrons. The van der Waals surface area contributed by atoms with Crippen molar-refractivity contribution < 1.29 is 17.4 Å². The van der Waals surface area contributed by atoms with Crippen LogP contribution >= 0.6 is 10.7 Å². The minimum atomic E-state index is -3.69. The number of hydrogen-bond acceptors (Lipinski definition) is 5. The van der Waals surface area contributed by atoms with Crippen LogP contribution < -0.4 is 0 Å². The second-order valence-corrected chi connectivity index (χ2v) is 2.92. The highest BCUT2D eigenvalue weighted by Gasteiger charge is 1.95. The van der Waals surface area contributed by atoms with E-state index in [0.717, 1.165) is 13.2 Å². The zero-order chi connectivity index (χ0) is 7.91. The highest BCUT2D eigenvalue weighted by Crippen LogP contribution is 1.92. The Morgan fingerprint density at radius 2 is 1.78 bits per heavy atom. The van der Waals surface area contributed by atoms with Crippen molar-refractivity contribution in [2.24, 2.45) is 0 Å². The van der Waals surface area contributed by atoms with Crippen molar-refractivity contribution in [3.8, 4) is 0 Å². The Morgan fingerprint density at radius 3 is 1.78 bits per heavy atom. The van der Waals surface area contributed by atoms with E-state index in [1.807, 2.05) is 0 Å². The van der Waals surface area contributed by atoms with Gasteiger partial charge in [-0.1, -0.05) is 0 Å². The molecule has 0 aromatic heterocycles. The highest BCUT2D eigenvalue weighted by molar-refractivity contribution is 8.09. The van der Waals surface area contributed by atoms with Gasteiger partial charge in [0.1, 0.15) is 0 Å². The van der Waals surface area contributed by atoms with Gasteiger partial charge in [-0.3, -0.25) is 4.18 Å². The fraction of sp³-hybridized carbons (Fsp3) is 0.500. The van der Waals surface area contributed by atoms with Crippen LogP contribution in [-0.2, 0) is 18.3 Å². The summed E-state index contributed by atoms with van der Waals surface area (Å²) in [5, 5.41) is 5.40. The summed E-state index contributed by atoms with van der Waals surface area (Å²) >= 11 is 0. The Bertz CT molecular complexity index is 179. The van der Waals surface area contributed by atoms with E-state index in [1.54, 1.807) is 0 Å². The van der Waals surface area contributed by atoms with Gasteiger partial charge in [-0.15, -0.1) is 0 Å². The number of hydrogen-bond donors (Lipinski definition) is 1. The van der Waals surface area contributed by atoms with E-state index >= 15 is 0 Å². The quantitative estimate of drug-likeness (QED) is 0.344. The molecule has 9 heavy (non-hydrogen) atoms. The minimum absolute atomic E-state index is 0.750. The van der Waals surface area contributed by atoms with Crippen LogP contribution in [0.5, 0.6) is 0 Å². The smallest absolute Gasteiger partial charge is 0.261 e. The van der Waals surface area contributed by atoms with Gasteiger partial charge < -0.3 is 0 Å². The van der Waals surface area contributed by atoms with E-state index in [-0.39, 0.29) is 0 Å². The summed E-state index contributed by atoms with van der Waals surface area (Å²) < 4.78 is 22.8. The van der Waals surface area contributed by atoms with Crippen LogP contribution in [0.3, 0.4) is 0 Å².